The molecule has 4 aromatic rings. The first-order valence-electron chi connectivity index (χ1n) is 9.89. The number of imidazole rings is 2. The lowest BCUT2D eigenvalue weighted by atomic mass is 10.2. The zero-order valence-electron chi connectivity index (χ0n) is 16.8. The highest BCUT2D eigenvalue weighted by molar-refractivity contribution is 5.94. The molecule has 4 rings (SSSR count). The minimum absolute atomic E-state index is 0.337. The van der Waals surface area contributed by atoms with Crippen molar-refractivity contribution in [2.75, 3.05) is 13.2 Å². The van der Waals surface area contributed by atoms with Crippen molar-refractivity contribution in [1.82, 2.24) is 19.9 Å². The number of ether oxygens (including phenoxy) is 2. The predicted octanol–water partition coefficient (Wildman–Crippen LogP) is 3.58. The summed E-state index contributed by atoms with van der Waals surface area (Å²) in [6.07, 6.45) is 1.29. The molecule has 30 heavy (non-hydrogen) atoms. The fraction of sp³-hybridized carbons (Fsp3) is 0.273. The van der Waals surface area contributed by atoms with Gasteiger partial charge in [0.05, 0.1) is 46.4 Å². The molecular formula is C22H22N4O4. The third-order valence-corrected chi connectivity index (χ3v) is 4.68. The van der Waals surface area contributed by atoms with Gasteiger partial charge in [0.2, 0.25) is 0 Å². The van der Waals surface area contributed by atoms with Gasteiger partial charge in [-0.1, -0.05) is 0 Å². The second kappa shape index (κ2) is 8.36. The Labute approximate surface area is 172 Å². The molecule has 2 aromatic heterocycles. The molecule has 0 saturated heterocycles. The van der Waals surface area contributed by atoms with Crippen LogP contribution in [0.3, 0.4) is 0 Å². The van der Waals surface area contributed by atoms with Crippen LogP contribution in [0.2, 0.25) is 0 Å². The van der Waals surface area contributed by atoms with Gasteiger partial charge in [-0.15, -0.1) is 0 Å². The Hall–Kier alpha value is -3.68. The lowest BCUT2D eigenvalue weighted by Gasteiger charge is -2.00. The van der Waals surface area contributed by atoms with E-state index in [0.717, 1.165) is 33.7 Å². The van der Waals surface area contributed by atoms with Crippen LogP contribution in [0.1, 0.15) is 46.2 Å². The first kappa shape index (κ1) is 19.6. The zero-order chi connectivity index (χ0) is 21.1. The molecule has 8 heteroatoms. The van der Waals surface area contributed by atoms with E-state index in [2.05, 4.69) is 19.9 Å². The fourth-order valence-electron chi connectivity index (χ4n) is 3.28. The first-order valence-corrected chi connectivity index (χ1v) is 9.89. The van der Waals surface area contributed by atoms with Crippen molar-refractivity contribution in [2.24, 2.45) is 0 Å². The molecule has 8 nitrogen and oxygen atoms in total. The molecule has 0 saturated carbocycles. The van der Waals surface area contributed by atoms with Crippen LogP contribution in [0.25, 0.3) is 22.1 Å². The highest BCUT2D eigenvalue weighted by atomic mass is 16.5. The van der Waals surface area contributed by atoms with E-state index in [9.17, 15) is 9.59 Å². The molecule has 0 aliphatic rings. The molecule has 0 aliphatic carbocycles. The number of fused-ring (bicyclic) bond motifs is 2. The molecule has 0 radical (unpaired) electrons. The molecule has 0 unspecified atom stereocenters. The monoisotopic (exact) mass is 406 g/mol. The molecule has 2 aromatic carbocycles. The molecule has 0 atom stereocenters. The number of nitrogens with zero attached hydrogens (tertiary/aromatic N) is 2. The molecule has 0 bridgehead atoms. The highest BCUT2D eigenvalue weighted by Gasteiger charge is 2.12. The molecule has 0 aliphatic heterocycles. The summed E-state index contributed by atoms with van der Waals surface area (Å²) in [5.41, 5.74) is 4.16. The molecule has 2 N–H and O–H groups in total. The van der Waals surface area contributed by atoms with Crippen LogP contribution in [0.4, 0.5) is 0 Å². The van der Waals surface area contributed by atoms with E-state index >= 15 is 0 Å². The quantitative estimate of drug-likeness (QED) is 0.454. The molecule has 154 valence electrons. The molecule has 0 fully saturated rings. The maximum atomic E-state index is 11.9. The van der Waals surface area contributed by atoms with Gasteiger partial charge in [-0.3, -0.25) is 0 Å². The number of esters is 2. The van der Waals surface area contributed by atoms with Crippen LogP contribution >= 0.6 is 0 Å². The number of nitrogens with one attached hydrogen (secondary N) is 2. The normalized spacial score (nSPS) is 11.1. The van der Waals surface area contributed by atoms with Crippen molar-refractivity contribution in [1.29, 1.82) is 0 Å². The van der Waals surface area contributed by atoms with Crippen LogP contribution in [0.5, 0.6) is 0 Å². The van der Waals surface area contributed by atoms with Crippen molar-refractivity contribution >= 4 is 34.0 Å². The number of benzene rings is 2. The number of hydrogen-bond donors (Lipinski definition) is 2. The van der Waals surface area contributed by atoms with E-state index in [4.69, 9.17) is 9.47 Å². The predicted molar refractivity (Wildman–Crippen MR) is 112 cm³/mol. The summed E-state index contributed by atoms with van der Waals surface area (Å²) in [7, 11) is 0. The molecule has 2 heterocycles. The minimum Gasteiger partial charge on any atom is -0.462 e. The maximum absolute atomic E-state index is 11.9. The molecule has 0 spiro atoms. The van der Waals surface area contributed by atoms with Crippen LogP contribution in [0, 0.1) is 0 Å². The Morgan fingerprint density at radius 3 is 1.60 bits per heavy atom. The van der Waals surface area contributed by atoms with Crippen LogP contribution in [-0.4, -0.2) is 45.1 Å². The van der Waals surface area contributed by atoms with Gasteiger partial charge in [0.15, 0.2) is 0 Å². The Morgan fingerprint density at radius 1 is 0.767 bits per heavy atom. The molecule has 0 amide bonds. The zero-order valence-corrected chi connectivity index (χ0v) is 16.8. The van der Waals surface area contributed by atoms with E-state index in [-0.39, 0.29) is 11.9 Å². The van der Waals surface area contributed by atoms with Gasteiger partial charge in [-0.25, -0.2) is 19.6 Å². The summed E-state index contributed by atoms with van der Waals surface area (Å²) in [6.45, 7) is 4.23. The summed E-state index contributed by atoms with van der Waals surface area (Å²) in [5, 5.41) is 0. The third kappa shape index (κ3) is 4.03. The van der Waals surface area contributed by atoms with Crippen LogP contribution in [-0.2, 0) is 22.3 Å². The van der Waals surface area contributed by atoms with Gasteiger partial charge in [0.1, 0.15) is 11.6 Å². The summed E-state index contributed by atoms with van der Waals surface area (Å²) in [5.74, 6) is 0.914. The van der Waals surface area contributed by atoms with Crippen LogP contribution in [0.15, 0.2) is 36.4 Å². The number of carbonyl (C=O) groups is 2. The number of H-pyrrole nitrogens is 2. The SMILES string of the molecule is CCOC(=O)c1ccc2nc(CCc3nc4ccc(C(=O)OCC)cc4[nH]3)[nH]c2c1. The summed E-state index contributed by atoms with van der Waals surface area (Å²) < 4.78 is 10.1. The van der Waals surface area contributed by atoms with Gasteiger partial charge >= 0.3 is 11.9 Å². The maximum Gasteiger partial charge on any atom is 0.338 e. The van der Waals surface area contributed by atoms with Gasteiger partial charge in [0.25, 0.3) is 0 Å². The smallest absolute Gasteiger partial charge is 0.338 e. The topological polar surface area (TPSA) is 110 Å². The van der Waals surface area contributed by atoms with E-state index in [1.807, 2.05) is 0 Å². The van der Waals surface area contributed by atoms with Crippen molar-refractivity contribution in [3.8, 4) is 0 Å². The number of aryl methyl sites for hydroxylation is 2. The second-order valence-corrected chi connectivity index (χ2v) is 6.77. The van der Waals surface area contributed by atoms with E-state index in [0.29, 0.717) is 37.2 Å². The lowest BCUT2D eigenvalue weighted by molar-refractivity contribution is 0.0517. The molecular weight excluding hydrogens is 384 g/mol. The fourth-order valence-corrected chi connectivity index (χ4v) is 3.28. The van der Waals surface area contributed by atoms with Crippen molar-refractivity contribution in [3.63, 3.8) is 0 Å². The Morgan fingerprint density at radius 2 is 1.20 bits per heavy atom. The summed E-state index contributed by atoms with van der Waals surface area (Å²) >= 11 is 0. The number of aromatic nitrogens is 4. The summed E-state index contributed by atoms with van der Waals surface area (Å²) in [6, 6.07) is 10.5. The number of aromatic amines is 2. The van der Waals surface area contributed by atoms with E-state index < -0.39 is 0 Å². The number of hydrogen-bond acceptors (Lipinski definition) is 6. The third-order valence-electron chi connectivity index (χ3n) is 4.68. The standard InChI is InChI=1S/C22H22N4O4/c1-3-29-21(27)13-5-7-15-17(11-13)25-19(23-15)9-10-20-24-16-8-6-14(12-18(16)26-20)22(28)30-4-2/h5-8,11-12H,3-4,9-10H2,1-2H3,(H,23,25)(H,24,26). The van der Waals surface area contributed by atoms with Gasteiger partial charge < -0.3 is 19.4 Å². The van der Waals surface area contributed by atoms with Gasteiger partial charge in [-0.05, 0) is 50.2 Å². The van der Waals surface area contributed by atoms with Crippen molar-refractivity contribution in [2.45, 2.75) is 26.7 Å². The van der Waals surface area contributed by atoms with Crippen molar-refractivity contribution < 1.29 is 19.1 Å². The number of carbonyl (C=O) groups excluding carboxylic acids is 2. The Bertz CT molecular complexity index is 1130. The van der Waals surface area contributed by atoms with Gasteiger partial charge in [-0.2, -0.15) is 0 Å². The summed E-state index contributed by atoms with van der Waals surface area (Å²) in [4.78, 5) is 39.4. The highest BCUT2D eigenvalue weighted by Crippen LogP contribution is 2.18. The average Bonchev–Trinajstić information content (AvgIpc) is 3.34. The average molecular weight is 406 g/mol. The van der Waals surface area contributed by atoms with Gasteiger partial charge in [0, 0.05) is 12.8 Å². The Balaban J connectivity index is 1.48. The first-order chi connectivity index (χ1) is 14.6. The lowest BCUT2D eigenvalue weighted by Crippen LogP contribution is -2.04. The number of rotatable bonds is 7. The second-order valence-electron chi connectivity index (χ2n) is 6.77. The van der Waals surface area contributed by atoms with Crippen LogP contribution < -0.4 is 0 Å². The van der Waals surface area contributed by atoms with E-state index in [1.165, 1.54) is 0 Å². The van der Waals surface area contributed by atoms with Crippen molar-refractivity contribution in [3.05, 3.63) is 59.2 Å². The largest absolute Gasteiger partial charge is 0.462 e. The van der Waals surface area contributed by atoms with E-state index in [1.54, 1.807) is 50.2 Å². The Kier molecular flexibility index (Phi) is 5.47. The minimum atomic E-state index is -0.347.